The number of carbonyl (C=O) groups is 2. The lowest BCUT2D eigenvalue weighted by molar-refractivity contribution is -0.143. The first kappa shape index (κ1) is 12.8. The number of Topliss-reactive ketones (excluding diaryl/α,β-unsaturated/α-hetero) is 1. The third kappa shape index (κ3) is 3.19. The second-order valence-electron chi connectivity index (χ2n) is 4.59. The highest BCUT2D eigenvalue weighted by molar-refractivity contribution is 5.99. The highest BCUT2D eigenvalue weighted by Gasteiger charge is 2.27. The fourth-order valence-electron chi connectivity index (χ4n) is 2.08. The topological polar surface area (TPSA) is 43.4 Å². The molecule has 0 saturated heterocycles. The van der Waals surface area contributed by atoms with Gasteiger partial charge in [0.1, 0.15) is 0 Å². The first-order valence-electron chi connectivity index (χ1n) is 6.50. The minimum absolute atomic E-state index is 0.0468. The van der Waals surface area contributed by atoms with Crippen molar-refractivity contribution >= 4 is 11.8 Å². The van der Waals surface area contributed by atoms with Gasteiger partial charge in [0.25, 0.3) is 0 Å². The van der Waals surface area contributed by atoms with Crippen LogP contribution in [0.5, 0.6) is 0 Å². The number of esters is 1. The zero-order valence-corrected chi connectivity index (χ0v) is 10.6. The highest BCUT2D eigenvalue weighted by atomic mass is 16.5. The van der Waals surface area contributed by atoms with Crippen molar-refractivity contribution in [2.24, 2.45) is 0 Å². The van der Waals surface area contributed by atoms with Crippen LogP contribution in [0.1, 0.15) is 54.4 Å². The maximum Gasteiger partial charge on any atom is 0.306 e. The number of ketones is 1. The third-order valence-electron chi connectivity index (χ3n) is 3.14. The molecule has 0 radical (unpaired) electrons. The molecule has 3 heteroatoms. The van der Waals surface area contributed by atoms with Gasteiger partial charge >= 0.3 is 5.97 Å². The Hall–Kier alpha value is -1.64. The van der Waals surface area contributed by atoms with Gasteiger partial charge in [0.05, 0.1) is 13.0 Å². The van der Waals surface area contributed by atoms with E-state index < -0.39 is 0 Å². The van der Waals surface area contributed by atoms with E-state index in [-0.39, 0.29) is 24.6 Å². The van der Waals surface area contributed by atoms with Gasteiger partial charge in [-0.25, -0.2) is 0 Å². The van der Waals surface area contributed by atoms with Gasteiger partial charge in [-0.2, -0.15) is 0 Å². The molecule has 0 aliphatic heterocycles. The summed E-state index contributed by atoms with van der Waals surface area (Å²) in [7, 11) is 0. The van der Waals surface area contributed by atoms with Crippen molar-refractivity contribution in [3.63, 3.8) is 0 Å². The fourth-order valence-corrected chi connectivity index (χ4v) is 2.08. The normalized spacial score (nSPS) is 14.3. The molecule has 0 bridgehead atoms. The quantitative estimate of drug-likeness (QED) is 0.572. The van der Waals surface area contributed by atoms with E-state index in [2.05, 4.69) is 0 Å². The average molecular weight is 246 g/mol. The van der Waals surface area contributed by atoms with Crippen LogP contribution < -0.4 is 0 Å². The van der Waals surface area contributed by atoms with Gasteiger partial charge in [-0.05, 0) is 31.2 Å². The van der Waals surface area contributed by atoms with E-state index in [1.54, 1.807) is 6.92 Å². The van der Waals surface area contributed by atoms with Crippen LogP contribution in [0.15, 0.2) is 24.3 Å². The van der Waals surface area contributed by atoms with Crippen molar-refractivity contribution in [2.45, 2.75) is 38.5 Å². The lowest BCUT2D eigenvalue weighted by Gasteiger charge is -2.07. The van der Waals surface area contributed by atoms with Crippen molar-refractivity contribution in [1.29, 1.82) is 0 Å². The summed E-state index contributed by atoms with van der Waals surface area (Å²) in [6.07, 6.45) is 2.75. The summed E-state index contributed by atoms with van der Waals surface area (Å²) < 4.78 is 4.83. The van der Waals surface area contributed by atoms with Gasteiger partial charge in [0.15, 0.2) is 5.78 Å². The Morgan fingerprint density at radius 3 is 2.61 bits per heavy atom. The Morgan fingerprint density at radius 2 is 1.94 bits per heavy atom. The number of hydrogen-bond acceptors (Lipinski definition) is 3. The minimum atomic E-state index is -0.297. The molecule has 0 atom stereocenters. The lowest BCUT2D eigenvalue weighted by atomic mass is 9.97. The third-order valence-corrected chi connectivity index (χ3v) is 3.14. The number of carbonyl (C=O) groups excluding carboxylic acids is 2. The molecule has 2 rings (SSSR count). The summed E-state index contributed by atoms with van der Waals surface area (Å²) in [6, 6.07) is 7.73. The van der Waals surface area contributed by atoms with E-state index in [0.29, 0.717) is 12.5 Å². The van der Waals surface area contributed by atoms with Gasteiger partial charge in [0, 0.05) is 12.0 Å². The van der Waals surface area contributed by atoms with Crippen molar-refractivity contribution in [3.8, 4) is 0 Å². The van der Waals surface area contributed by atoms with E-state index in [4.69, 9.17) is 4.74 Å². The van der Waals surface area contributed by atoms with E-state index in [9.17, 15) is 9.59 Å². The molecule has 1 fully saturated rings. The zero-order valence-electron chi connectivity index (χ0n) is 10.6. The maximum atomic E-state index is 12.1. The number of ether oxygens (including phenoxy) is 1. The van der Waals surface area contributed by atoms with Crippen LogP contribution in [0.2, 0.25) is 0 Å². The Bertz CT molecular complexity index is 447. The number of hydrogen-bond donors (Lipinski definition) is 0. The number of rotatable bonds is 6. The van der Waals surface area contributed by atoms with Crippen LogP contribution in [0.3, 0.4) is 0 Å². The second kappa shape index (κ2) is 5.80. The summed E-state index contributed by atoms with van der Waals surface area (Å²) in [5.74, 6) is 0.299. The second-order valence-corrected chi connectivity index (χ2v) is 4.59. The van der Waals surface area contributed by atoms with Crippen molar-refractivity contribution in [3.05, 3.63) is 35.4 Å². The largest absolute Gasteiger partial charge is 0.466 e. The van der Waals surface area contributed by atoms with Crippen molar-refractivity contribution in [1.82, 2.24) is 0 Å². The molecule has 1 aliphatic rings. The fraction of sp³-hybridized carbons (Fsp3) is 0.467. The Kier molecular flexibility index (Phi) is 4.13. The van der Waals surface area contributed by atoms with Crippen LogP contribution in [-0.2, 0) is 9.53 Å². The molecule has 1 aromatic rings. The van der Waals surface area contributed by atoms with E-state index >= 15 is 0 Å². The van der Waals surface area contributed by atoms with Gasteiger partial charge in [-0.15, -0.1) is 0 Å². The first-order valence-corrected chi connectivity index (χ1v) is 6.50. The zero-order chi connectivity index (χ0) is 13.0. The van der Waals surface area contributed by atoms with Gasteiger partial charge in [-0.1, -0.05) is 24.3 Å². The average Bonchev–Trinajstić information content (AvgIpc) is 3.20. The highest BCUT2D eigenvalue weighted by Crippen LogP contribution is 2.41. The monoisotopic (exact) mass is 246 g/mol. The molecule has 0 amide bonds. The minimum Gasteiger partial charge on any atom is -0.466 e. The molecule has 0 heterocycles. The summed E-state index contributed by atoms with van der Waals surface area (Å²) >= 11 is 0. The van der Waals surface area contributed by atoms with Gasteiger partial charge in [-0.3, -0.25) is 9.59 Å². The predicted octanol–water partition coefficient (Wildman–Crippen LogP) is 3.09. The molecule has 3 nitrogen and oxygen atoms in total. The molecule has 1 aromatic carbocycles. The van der Waals surface area contributed by atoms with Crippen molar-refractivity contribution in [2.75, 3.05) is 6.61 Å². The summed E-state index contributed by atoms with van der Waals surface area (Å²) in [4.78, 5) is 23.3. The first-order chi connectivity index (χ1) is 8.72. The smallest absolute Gasteiger partial charge is 0.306 e. The Balaban J connectivity index is 1.98. The molecule has 0 spiro atoms. The molecule has 18 heavy (non-hydrogen) atoms. The van der Waals surface area contributed by atoms with Crippen LogP contribution in [0.25, 0.3) is 0 Å². The summed E-state index contributed by atoms with van der Waals surface area (Å²) in [5.41, 5.74) is 1.93. The SMILES string of the molecule is CCOC(=O)CCC(=O)c1ccccc1C1CC1. The predicted molar refractivity (Wildman–Crippen MR) is 68.6 cm³/mol. The molecule has 1 saturated carbocycles. The molecule has 0 aromatic heterocycles. The van der Waals surface area contributed by atoms with Crippen molar-refractivity contribution < 1.29 is 14.3 Å². The molecule has 1 aliphatic carbocycles. The molecule has 0 unspecified atom stereocenters. The van der Waals surface area contributed by atoms with Crippen LogP contribution in [0.4, 0.5) is 0 Å². The van der Waals surface area contributed by atoms with E-state index in [0.717, 1.165) is 11.1 Å². The Labute approximate surface area is 107 Å². The Morgan fingerprint density at radius 1 is 1.22 bits per heavy atom. The maximum absolute atomic E-state index is 12.1. The molecule has 96 valence electrons. The van der Waals surface area contributed by atoms with Gasteiger partial charge < -0.3 is 4.74 Å². The van der Waals surface area contributed by atoms with Crippen LogP contribution in [0, 0.1) is 0 Å². The van der Waals surface area contributed by atoms with E-state index in [1.807, 2.05) is 24.3 Å². The van der Waals surface area contributed by atoms with Crippen LogP contribution >= 0.6 is 0 Å². The molecular formula is C15H18O3. The molecule has 0 N–H and O–H groups in total. The van der Waals surface area contributed by atoms with Crippen LogP contribution in [-0.4, -0.2) is 18.4 Å². The lowest BCUT2D eigenvalue weighted by Crippen LogP contribution is -2.09. The standard InChI is InChI=1S/C15H18O3/c1-2-18-15(17)10-9-14(16)13-6-4-3-5-12(13)11-7-8-11/h3-6,11H,2,7-10H2,1H3. The summed E-state index contributed by atoms with van der Waals surface area (Å²) in [5, 5.41) is 0. The number of benzene rings is 1. The van der Waals surface area contributed by atoms with E-state index in [1.165, 1.54) is 12.8 Å². The molecular weight excluding hydrogens is 228 g/mol. The summed E-state index contributed by atoms with van der Waals surface area (Å²) in [6.45, 7) is 2.13. The van der Waals surface area contributed by atoms with Gasteiger partial charge in [0.2, 0.25) is 0 Å².